The van der Waals surface area contributed by atoms with Gasteiger partial charge in [-0.15, -0.1) is 0 Å². The Labute approximate surface area is 236 Å². The first-order chi connectivity index (χ1) is 19.4. The molecule has 0 bridgehead atoms. The van der Waals surface area contributed by atoms with Crippen LogP contribution >= 0.6 is 11.6 Å². The highest BCUT2D eigenvalue weighted by molar-refractivity contribution is 6.30. The summed E-state index contributed by atoms with van der Waals surface area (Å²) in [5, 5.41) is 6.93. The molecule has 40 heavy (non-hydrogen) atoms. The van der Waals surface area contributed by atoms with Gasteiger partial charge in [-0.1, -0.05) is 29.8 Å². The summed E-state index contributed by atoms with van der Waals surface area (Å²) in [6.07, 6.45) is 2.13. The summed E-state index contributed by atoms with van der Waals surface area (Å²) < 4.78 is 21.6. The first kappa shape index (κ1) is 27.0. The second kappa shape index (κ2) is 12.1. The van der Waals surface area contributed by atoms with Crippen LogP contribution in [0.3, 0.4) is 0 Å². The van der Waals surface area contributed by atoms with Crippen molar-refractivity contribution in [3.8, 4) is 34.5 Å². The topological polar surface area (TPSA) is 117 Å². The monoisotopic (exact) mass is 561 g/mol. The Morgan fingerprint density at radius 1 is 1.00 bits per heavy atom. The molecule has 206 valence electrons. The lowest BCUT2D eigenvalue weighted by Crippen LogP contribution is -2.34. The van der Waals surface area contributed by atoms with E-state index < -0.39 is 0 Å². The number of carbonyl (C=O) groups is 1. The number of amides is 1. The van der Waals surface area contributed by atoms with E-state index >= 15 is 0 Å². The van der Waals surface area contributed by atoms with Crippen LogP contribution < -0.4 is 29.6 Å². The van der Waals surface area contributed by atoms with E-state index in [1.165, 1.54) is 20.4 Å². The van der Waals surface area contributed by atoms with Gasteiger partial charge in [-0.2, -0.15) is 4.98 Å². The van der Waals surface area contributed by atoms with Crippen LogP contribution in [0.5, 0.6) is 23.3 Å². The Kier molecular flexibility index (Phi) is 8.16. The van der Waals surface area contributed by atoms with Gasteiger partial charge in [-0.25, -0.2) is 9.97 Å². The number of halogens is 1. The normalized spacial score (nSPS) is 12.5. The number of ether oxygens (including phenoxy) is 4. The fourth-order valence-electron chi connectivity index (χ4n) is 4.27. The molecule has 0 radical (unpaired) electrons. The molecular weight excluding hydrogens is 534 g/mol. The second-order valence-corrected chi connectivity index (χ2v) is 9.55. The molecule has 0 fully saturated rings. The van der Waals surface area contributed by atoms with Crippen molar-refractivity contribution in [3.63, 3.8) is 0 Å². The van der Waals surface area contributed by atoms with E-state index in [9.17, 15) is 4.79 Å². The van der Waals surface area contributed by atoms with Crippen molar-refractivity contribution in [2.75, 3.05) is 26.3 Å². The fraction of sp³-hybridized carbons (Fsp3) is 0.241. The molecule has 4 aromatic rings. The molecule has 0 aliphatic carbocycles. The first-order valence-corrected chi connectivity index (χ1v) is 13.0. The highest BCUT2D eigenvalue weighted by Crippen LogP contribution is 2.34. The van der Waals surface area contributed by atoms with Crippen molar-refractivity contribution in [1.29, 1.82) is 0 Å². The van der Waals surface area contributed by atoms with Crippen molar-refractivity contribution in [1.82, 2.24) is 20.3 Å². The summed E-state index contributed by atoms with van der Waals surface area (Å²) >= 11 is 6.00. The lowest BCUT2D eigenvalue weighted by molar-refractivity contribution is 0.0940. The van der Waals surface area contributed by atoms with Gasteiger partial charge < -0.3 is 29.6 Å². The summed E-state index contributed by atoms with van der Waals surface area (Å²) in [4.78, 5) is 27.0. The standard InChI is InChI=1S/C29H28ClN5O5/c1-17(12-18-4-7-20(30)8-5-18)33-27(36)22-15-32-29(31-14-19-6-10-23-24(13-19)40-16-39-23)35-26(22)21-9-11-25(37-2)34-28(21)38-3/h4-11,13,15,17H,12,14,16H2,1-3H3,(H,33,36)(H,31,32,35). The molecule has 0 saturated carbocycles. The molecular formula is C29H28ClN5O5. The number of benzene rings is 2. The van der Waals surface area contributed by atoms with Crippen LogP contribution in [-0.2, 0) is 13.0 Å². The van der Waals surface area contributed by atoms with Gasteiger partial charge >= 0.3 is 0 Å². The molecule has 1 aliphatic rings. The Hall–Kier alpha value is -4.57. The van der Waals surface area contributed by atoms with Crippen molar-refractivity contribution in [3.05, 3.63) is 82.5 Å². The minimum absolute atomic E-state index is 0.166. The average molecular weight is 562 g/mol. The van der Waals surface area contributed by atoms with Gasteiger partial charge in [-0.05, 0) is 54.8 Å². The van der Waals surface area contributed by atoms with E-state index in [1.54, 1.807) is 12.1 Å². The predicted octanol–water partition coefficient (Wildman–Crippen LogP) is 4.91. The maximum atomic E-state index is 13.5. The van der Waals surface area contributed by atoms with Gasteiger partial charge in [0.1, 0.15) is 0 Å². The third-order valence-corrected chi connectivity index (χ3v) is 6.50. The number of carbonyl (C=O) groups excluding carboxylic acids is 1. The second-order valence-electron chi connectivity index (χ2n) is 9.11. The van der Waals surface area contributed by atoms with Gasteiger partial charge in [0.25, 0.3) is 5.91 Å². The lowest BCUT2D eigenvalue weighted by Gasteiger charge is -2.17. The number of methoxy groups -OCH3 is 2. The van der Waals surface area contributed by atoms with E-state index in [0.29, 0.717) is 52.6 Å². The number of hydrogen-bond donors (Lipinski definition) is 2. The number of nitrogens with one attached hydrogen (secondary N) is 2. The van der Waals surface area contributed by atoms with Crippen LogP contribution in [0.2, 0.25) is 5.02 Å². The summed E-state index contributed by atoms with van der Waals surface area (Å²) in [6.45, 7) is 2.57. The molecule has 10 nitrogen and oxygen atoms in total. The molecule has 5 rings (SSSR count). The first-order valence-electron chi connectivity index (χ1n) is 12.6. The third kappa shape index (κ3) is 6.18. The summed E-state index contributed by atoms with van der Waals surface area (Å²) in [6, 6.07) is 16.5. The minimum atomic E-state index is -0.323. The van der Waals surface area contributed by atoms with Crippen LogP contribution in [0.1, 0.15) is 28.4 Å². The van der Waals surface area contributed by atoms with E-state index in [0.717, 1.165) is 11.1 Å². The van der Waals surface area contributed by atoms with Crippen molar-refractivity contribution >= 4 is 23.5 Å². The van der Waals surface area contributed by atoms with Gasteiger partial charge in [0.2, 0.25) is 24.5 Å². The SMILES string of the molecule is COc1ccc(-c2nc(NCc3ccc4c(c3)OCO4)ncc2C(=O)NC(C)Cc2ccc(Cl)cc2)c(OC)n1. The molecule has 1 amide bonds. The van der Waals surface area contributed by atoms with E-state index in [1.807, 2.05) is 49.4 Å². The summed E-state index contributed by atoms with van der Waals surface area (Å²) in [5.41, 5.74) is 3.18. The molecule has 0 saturated heterocycles. The largest absolute Gasteiger partial charge is 0.481 e. The number of anilines is 1. The molecule has 2 aromatic heterocycles. The molecule has 2 aromatic carbocycles. The van der Waals surface area contributed by atoms with Gasteiger partial charge in [0.15, 0.2) is 11.5 Å². The zero-order chi connectivity index (χ0) is 28.1. The molecule has 1 atom stereocenters. The van der Waals surface area contributed by atoms with Gasteiger partial charge in [0, 0.05) is 29.9 Å². The van der Waals surface area contributed by atoms with Crippen LogP contribution in [-0.4, -0.2) is 47.9 Å². The van der Waals surface area contributed by atoms with E-state index in [-0.39, 0.29) is 30.2 Å². The Bertz CT molecular complexity index is 1520. The maximum absolute atomic E-state index is 13.5. The lowest BCUT2D eigenvalue weighted by atomic mass is 10.1. The Morgan fingerprint density at radius 2 is 1.77 bits per heavy atom. The van der Waals surface area contributed by atoms with E-state index in [2.05, 4.69) is 20.6 Å². The molecule has 11 heteroatoms. The third-order valence-electron chi connectivity index (χ3n) is 6.25. The van der Waals surface area contributed by atoms with E-state index in [4.69, 9.17) is 35.5 Å². The summed E-state index contributed by atoms with van der Waals surface area (Å²) in [7, 11) is 3.02. The summed E-state index contributed by atoms with van der Waals surface area (Å²) in [5.74, 6) is 2.05. The smallest absolute Gasteiger partial charge is 0.255 e. The molecule has 3 heterocycles. The van der Waals surface area contributed by atoms with Gasteiger partial charge in [0.05, 0.1) is 31.0 Å². The quantitative estimate of drug-likeness (QED) is 0.278. The zero-order valence-electron chi connectivity index (χ0n) is 22.2. The number of aromatic nitrogens is 3. The number of hydrogen-bond acceptors (Lipinski definition) is 9. The Morgan fingerprint density at radius 3 is 2.55 bits per heavy atom. The molecule has 0 spiro atoms. The van der Waals surface area contributed by atoms with Crippen LogP contribution in [0.4, 0.5) is 5.95 Å². The molecule has 1 unspecified atom stereocenters. The van der Waals surface area contributed by atoms with Crippen molar-refractivity contribution < 1.29 is 23.7 Å². The number of nitrogens with zero attached hydrogens (tertiary/aromatic N) is 3. The van der Waals surface area contributed by atoms with Crippen LogP contribution in [0, 0.1) is 0 Å². The Balaban J connectivity index is 1.41. The zero-order valence-corrected chi connectivity index (χ0v) is 23.0. The highest BCUT2D eigenvalue weighted by atomic mass is 35.5. The van der Waals surface area contributed by atoms with Crippen molar-refractivity contribution in [2.24, 2.45) is 0 Å². The number of fused-ring (bicyclic) bond motifs is 1. The maximum Gasteiger partial charge on any atom is 0.255 e. The van der Waals surface area contributed by atoms with Crippen LogP contribution in [0.15, 0.2) is 60.8 Å². The molecule has 1 aliphatic heterocycles. The molecule has 2 N–H and O–H groups in total. The van der Waals surface area contributed by atoms with Gasteiger partial charge in [-0.3, -0.25) is 4.79 Å². The predicted molar refractivity (Wildman–Crippen MR) is 150 cm³/mol. The minimum Gasteiger partial charge on any atom is -0.481 e. The number of rotatable bonds is 10. The average Bonchev–Trinajstić information content (AvgIpc) is 3.45. The number of pyridine rings is 1. The highest BCUT2D eigenvalue weighted by Gasteiger charge is 2.22. The fourth-order valence-corrected chi connectivity index (χ4v) is 4.40. The van der Waals surface area contributed by atoms with Crippen LogP contribution in [0.25, 0.3) is 11.3 Å². The van der Waals surface area contributed by atoms with Crippen molar-refractivity contribution in [2.45, 2.75) is 25.9 Å².